The van der Waals surface area contributed by atoms with Crippen LogP contribution >= 0.6 is 0 Å². The van der Waals surface area contributed by atoms with E-state index in [-0.39, 0.29) is 16.9 Å². The first-order valence-electron chi connectivity index (χ1n) is 8.78. The standard InChI is InChI=1S/C20H20N2O8/c1-22-11-8-6-5-7-10(11)20(19(22)26)14(17(24)28-3)12(9-13(23)27-2)30-16(21)15(20)18(25)29-4/h5-8H,9,21H2,1-4H3/t20-/m0/s1. The van der Waals surface area contributed by atoms with Crippen molar-refractivity contribution in [2.45, 2.75) is 11.8 Å². The van der Waals surface area contributed by atoms with Gasteiger partial charge in [-0.2, -0.15) is 0 Å². The number of amides is 1. The number of hydrogen-bond donors (Lipinski definition) is 1. The Labute approximate surface area is 171 Å². The predicted molar refractivity (Wildman–Crippen MR) is 102 cm³/mol. The Morgan fingerprint density at radius 2 is 1.63 bits per heavy atom. The summed E-state index contributed by atoms with van der Waals surface area (Å²) in [6.45, 7) is 0. The topological polar surface area (TPSA) is 134 Å². The second kappa shape index (κ2) is 7.54. The fraction of sp³-hybridized carbons (Fsp3) is 0.300. The molecule has 1 atom stereocenters. The maximum atomic E-state index is 13.7. The first-order chi connectivity index (χ1) is 14.2. The third-order valence-electron chi connectivity index (χ3n) is 5.11. The van der Waals surface area contributed by atoms with Gasteiger partial charge in [0.15, 0.2) is 0 Å². The lowest BCUT2D eigenvalue weighted by Crippen LogP contribution is -2.50. The third kappa shape index (κ3) is 2.71. The van der Waals surface area contributed by atoms with Crippen LogP contribution in [0.3, 0.4) is 0 Å². The van der Waals surface area contributed by atoms with Gasteiger partial charge in [0.2, 0.25) is 11.8 Å². The number of likely N-dealkylation sites (N-methyl/N-ethyl adjacent to an activating group) is 1. The van der Waals surface area contributed by atoms with E-state index in [0.717, 1.165) is 21.3 Å². The molecule has 3 rings (SSSR count). The average Bonchev–Trinajstić information content (AvgIpc) is 2.95. The molecule has 2 N–H and O–H groups in total. The molecule has 10 nitrogen and oxygen atoms in total. The molecular formula is C20H20N2O8. The number of benzene rings is 1. The molecule has 1 spiro atoms. The van der Waals surface area contributed by atoms with Crippen LogP contribution in [0.2, 0.25) is 0 Å². The predicted octanol–water partition coefficient (Wildman–Crippen LogP) is 0.264. The van der Waals surface area contributed by atoms with Crippen LogP contribution in [-0.4, -0.2) is 52.2 Å². The van der Waals surface area contributed by atoms with Gasteiger partial charge >= 0.3 is 17.9 Å². The van der Waals surface area contributed by atoms with E-state index >= 15 is 0 Å². The molecule has 2 heterocycles. The van der Waals surface area contributed by atoms with Crippen LogP contribution in [0.1, 0.15) is 12.0 Å². The highest BCUT2D eigenvalue weighted by Crippen LogP contribution is 2.54. The number of methoxy groups -OCH3 is 3. The molecule has 1 amide bonds. The van der Waals surface area contributed by atoms with Gasteiger partial charge < -0.3 is 29.6 Å². The Hall–Kier alpha value is -3.82. The lowest BCUT2D eigenvalue weighted by Gasteiger charge is -2.36. The molecule has 0 aromatic heterocycles. The van der Waals surface area contributed by atoms with E-state index in [2.05, 4.69) is 4.74 Å². The van der Waals surface area contributed by atoms with Crippen molar-refractivity contribution >= 4 is 29.5 Å². The van der Waals surface area contributed by atoms with Crippen LogP contribution in [0.25, 0.3) is 0 Å². The van der Waals surface area contributed by atoms with E-state index < -0.39 is 41.5 Å². The van der Waals surface area contributed by atoms with Crippen LogP contribution in [0, 0.1) is 0 Å². The van der Waals surface area contributed by atoms with Crippen molar-refractivity contribution in [3.05, 3.63) is 52.6 Å². The van der Waals surface area contributed by atoms with Gasteiger partial charge in [0.25, 0.3) is 0 Å². The summed E-state index contributed by atoms with van der Waals surface area (Å²) in [5.74, 6) is -4.06. The second-order valence-electron chi connectivity index (χ2n) is 6.51. The van der Waals surface area contributed by atoms with Gasteiger partial charge in [0, 0.05) is 18.3 Å². The van der Waals surface area contributed by atoms with Crippen molar-refractivity contribution in [1.82, 2.24) is 0 Å². The number of carbonyl (C=O) groups is 4. The van der Waals surface area contributed by atoms with Gasteiger partial charge in [-0.05, 0) is 6.07 Å². The fourth-order valence-corrected chi connectivity index (χ4v) is 3.85. The van der Waals surface area contributed by atoms with E-state index in [9.17, 15) is 19.2 Å². The number of hydrogen-bond acceptors (Lipinski definition) is 9. The molecule has 30 heavy (non-hydrogen) atoms. The van der Waals surface area contributed by atoms with Crippen molar-refractivity contribution < 1.29 is 38.1 Å². The van der Waals surface area contributed by atoms with Crippen molar-refractivity contribution in [2.75, 3.05) is 33.3 Å². The van der Waals surface area contributed by atoms with E-state index in [0.29, 0.717) is 11.3 Å². The molecule has 0 unspecified atom stereocenters. The number of nitrogens with zero attached hydrogens (tertiary/aromatic N) is 1. The van der Waals surface area contributed by atoms with Crippen LogP contribution in [0.15, 0.2) is 47.1 Å². The minimum absolute atomic E-state index is 0.252. The lowest BCUT2D eigenvalue weighted by molar-refractivity contribution is -0.141. The minimum atomic E-state index is -2.02. The van der Waals surface area contributed by atoms with E-state index in [1.165, 1.54) is 11.9 Å². The summed E-state index contributed by atoms with van der Waals surface area (Å²) in [6.07, 6.45) is -0.517. The molecule has 0 bridgehead atoms. The average molecular weight is 416 g/mol. The number of carbonyl (C=O) groups excluding carboxylic acids is 4. The molecule has 0 radical (unpaired) electrons. The Balaban J connectivity index is 2.47. The number of fused-ring (bicyclic) bond motifs is 2. The van der Waals surface area contributed by atoms with Gasteiger partial charge in [0.1, 0.15) is 28.7 Å². The molecule has 158 valence electrons. The number of rotatable bonds is 4. The number of esters is 3. The van der Waals surface area contributed by atoms with Crippen LogP contribution in [-0.2, 0) is 43.5 Å². The highest BCUT2D eigenvalue weighted by molar-refractivity contribution is 6.22. The number of anilines is 1. The van der Waals surface area contributed by atoms with E-state index in [1.807, 2.05) is 0 Å². The Kier molecular flexibility index (Phi) is 5.26. The summed E-state index contributed by atoms with van der Waals surface area (Å²) in [6, 6.07) is 6.57. The molecule has 1 aromatic carbocycles. The first-order valence-corrected chi connectivity index (χ1v) is 8.78. The SMILES string of the molecule is COC(=O)CC1=C(C(=O)OC)[C@]2(C(=O)N(C)c3ccccc32)C(C(=O)OC)=C(N)O1. The van der Waals surface area contributed by atoms with Crippen molar-refractivity contribution in [2.24, 2.45) is 5.73 Å². The minimum Gasteiger partial charge on any atom is -0.469 e. The van der Waals surface area contributed by atoms with Crippen molar-refractivity contribution in [3.63, 3.8) is 0 Å². The molecule has 0 saturated heterocycles. The summed E-state index contributed by atoms with van der Waals surface area (Å²) in [4.78, 5) is 52.6. The zero-order chi connectivity index (χ0) is 22.2. The quantitative estimate of drug-likeness (QED) is 0.542. The zero-order valence-electron chi connectivity index (χ0n) is 16.8. The summed E-state index contributed by atoms with van der Waals surface area (Å²) in [5, 5.41) is 0. The molecule has 0 saturated carbocycles. The maximum absolute atomic E-state index is 13.7. The molecule has 10 heteroatoms. The lowest BCUT2D eigenvalue weighted by atomic mass is 9.67. The van der Waals surface area contributed by atoms with Crippen molar-refractivity contribution in [1.29, 1.82) is 0 Å². The largest absolute Gasteiger partial charge is 0.469 e. The number of para-hydroxylation sites is 1. The van der Waals surface area contributed by atoms with Crippen LogP contribution in [0.5, 0.6) is 0 Å². The maximum Gasteiger partial charge on any atom is 0.340 e. The summed E-state index contributed by atoms with van der Waals surface area (Å²) >= 11 is 0. The van der Waals surface area contributed by atoms with Gasteiger partial charge in [-0.3, -0.25) is 9.59 Å². The Bertz CT molecular complexity index is 1030. The van der Waals surface area contributed by atoms with Crippen molar-refractivity contribution in [3.8, 4) is 0 Å². The summed E-state index contributed by atoms with van der Waals surface area (Å²) in [5.41, 5.74) is 4.04. The van der Waals surface area contributed by atoms with Crippen LogP contribution in [0.4, 0.5) is 5.69 Å². The molecule has 0 aliphatic carbocycles. The van der Waals surface area contributed by atoms with E-state index in [4.69, 9.17) is 19.9 Å². The molecule has 2 aliphatic rings. The molecule has 1 aromatic rings. The fourth-order valence-electron chi connectivity index (χ4n) is 3.85. The molecular weight excluding hydrogens is 396 g/mol. The molecule has 2 aliphatic heterocycles. The second-order valence-corrected chi connectivity index (χ2v) is 6.51. The smallest absolute Gasteiger partial charge is 0.340 e. The third-order valence-corrected chi connectivity index (χ3v) is 5.11. The number of ether oxygens (including phenoxy) is 4. The van der Waals surface area contributed by atoms with E-state index in [1.54, 1.807) is 24.3 Å². The van der Waals surface area contributed by atoms with Crippen LogP contribution < -0.4 is 10.6 Å². The Morgan fingerprint density at radius 3 is 2.23 bits per heavy atom. The summed E-state index contributed by atoms with van der Waals surface area (Å²) in [7, 11) is 4.86. The highest BCUT2D eigenvalue weighted by Gasteiger charge is 2.63. The summed E-state index contributed by atoms with van der Waals surface area (Å²) < 4.78 is 19.9. The monoisotopic (exact) mass is 416 g/mol. The van der Waals surface area contributed by atoms with Gasteiger partial charge in [-0.25, -0.2) is 9.59 Å². The normalized spacial score (nSPS) is 20.1. The Morgan fingerprint density at radius 1 is 1.03 bits per heavy atom. The number of nitrogens with two attached hydrogens (primary N) is 1. The highest BCUT2D eigenvalue weighted by atomic mass is 16.5. The molecule has 0 fully saturated rings. The van der Waals surface area contributed by atoms with Gasteiger partial charge in [-0.1, -0.05) is 18.2 Å². The zero-order valence-corrected chi connectivity index (χ0v) is 16.8. The van der Waals surface area contributed by atoms with Gasteiger partial charge in [0.05, 0.1) is 21.3 Å². The first kappa shape index (κ1) is 20.9. The van der Waals surface area contributed by atoms with Gasteiger partial charge in [-0.15, -0.1) is 0 Å².